The summed E-state index contributed by atoms with van der Waals surface area (Å²) in [5, 5.41) is 0. The monoisotopic (exact) mass is 176 g/mol. The van der Waals surface area contributed by atoms with E-state index in [0.29, 0.717) is 5.75 Å². The molecule has 0 saturated heterocycles. The molecule has 2 heteroatoms. The Bertz CT molecular complexity index is 316. The average Bonchev–Trinajstić information content (AvgIpc) is 2.04. The van der Waals surface area contributed by atoms with Crippen molar-refractivity contribution in [2.45, 2.75) is 13.3 Å². The molecule has 1 rings (SSSR count). The Morgan fingerprint density at radius 3 is 3.00 bits per heavy atom. The summed E-state index contributed by atoms with van der Waals surface area (Å²) in [5.41, 5.74) is 1.09. The lowest BCUT2D eigenvalue weighted by Crippen LogP contribution is -2.01. The van der Waals surface area contributed by atoms with Gasteiger partial charge in [-0.05, 0) is 24.1 Å². The first-order chi connectivity index (χ1) is 6.22. The highest BCUT2D eigenvalue weighted by molar-refractivity contribution is 5.69. The molecule has 0 heterocycles. The summed E-state index contributed by atoms with van der Waals surface area (Å²) in [5.74, 6) is 0.294. The number of hydrogen-bond donors (Lipinski definition) is 0. The molecule has 0 atom stereocenters. The summed E-state index contributed by atoms with van der Waals surface area (Å²) >= 11 is 0. The van der Waals surface area contributed by atoms with Crippen LogP contribution in [0.1, 0.15) is 12.5 Å². The summed E-state index contributed by atoms with van der Waals surface area (Å²) in [6, 6.07) is 7.42. The number of allylic oxidation sites excluding steroid dienone is 1. The lowest BCUT2D eigenvalue weighted by Gasteiger charge is -2.02. The molecule has 0 fully saturated rings. The first-order valence-electron chi connectivity index (χ1n) is 4.10. The Balaban J connectivity index is 2.78. The number of ether oxygens (including phenoxy) is 1. The van der Waals surface area contributed by atoms with Crippen molar-refractivity contribution in [2.24, 2.45) is 0 Å². The first-order valence-corrected chi connectivity index (χ1v) is 4.10. The van der Waals surface area contributed by atoms with Gasteiger partial charge in [-0.2, -0.15) is 0 Å². The normalized spacial score (nSPS) is 9.31. The Morgan fingerprint density at radius 2 is 2.38 bits per heavy atom. The third-order valence-electron chi connectivity index (χ3n) is 1.54. The van der Waals surface area contributed by atoms with Gasteiger partial charge in [0.15, 0.2) is 0 Å². The predicted octanol–water partition coefficient (Wildman–Crippen LogP) is 2.34. The van der Waals surface area contributed by atoms with Gasteiger partial charge in [0, 0.05) is 6.92 Å². The maximum atomic E-state index is 10.6. The zero-order chi connectivity index (χ0) is 9.68. The Labute approximate surface area is 77.8 Å². The second kappa shape index (κ2) is 4.45. The molecular weight excluding hydrogens is 164 g/mol. The molecule has 0 unspecified atom stereocenters. The number of esters is 1. The van der Waals surface area contributed by atoms with Gasteiger partial charge in [-0.25, -0.2) is 0 Å². The minimum absolute atomic E-state index is 0.296. The van der Waals surface area contributed by atoms with Crippen LogP contribution in [-0.4, -0.2) is 5.97 Å². The van der Waals surface area contributed by atoms with E-state index in [-0.39, 0.29) is 5.97 Å². The van der Waals surface area contributed by atoms with E-state index in [9.17, 15) is 4.79 Å². The summed E-state index contributed by atoms with van der Waals surface area (Å²) in [4.78, 5) is 10.6. The third kappa shape index (κ3) is 3.11. The number of carbonyl (C=O) groups is 1. The fourth-order valence-electron chi connectivity index (χ4n) is 1.07. The van der Waals surface area contributed by atoms with Gasteiger partial charge in [-0.1, -0.05) is 18.2 Å². The predicted molar refractivity (Wildman–Crippen MR) is 51.7 cm³/mol. The molecule has 68 valence electrons. The van der Waals surface area contributed by atoms with Gasteiger partial charge in [0.05, 0.1) is 0 Å². The van der Waals surface area contributed by atoms with E-state index in [2.05, 4.69) is 6.58 Å². The van der Waals surface area contributed by atoms with E-state index in [0.717, 1.165) is 12.0 Å². The fraction of sp³-hybridized carbons (Fsp3) is 0.182. The number of hydrogen-bond acceptors (Lipinski definition) is 2. The largest absolute Gasteiger partial charge is 0.427 e. The summed E-state index contributed by atoms with van der Waals surface area (Å²) in [6.45, 7) is 5.03. The molecule has 2 nitrogen and oxygen atoms in total. The number of rotatable bonds is 3. The molecule has 13 heavy (non-hydrogen) atoms. The molecule has 1 aromatic carbocycles. The summed E-state index contributed by atoms with van der Waals surface area (Å²) in [7, 11) is 0. The summed E-state index contributed by atoms with van der Waals surface area (Å²) in [6.07, 6.45) is 2.60. The minimum atomic E-state index is -0.296. The maximum absolute atomic E-state index is 10.6. The van der Waals surface area contributed by atoms with E-state index in [1.807, 2.05) is 24.3 Å². The van der Waals surface area contributed by atoms with Crippen LogP contribution in [0.5, 0.6) is 5.75 Å². The van der Waals surface area contributed by atoms with Crippen LogP contribution >= 0.6 is 0 Å². The van der Waals surface area contributed by atoms with E-state index < -0.39 is 0 Å². The topological polar surface area (TPSA) is 26.3 Å². The molecule has 0 spiro atoms. The molecule has 0 bridgehead atoms. The third-order valence-corrected chi connectivity index (χ3v) is 1.54. The van der Waals surface area contributed by atoms with E-state index in [4.69, 9.17) is 4.74 Å². The van der Waals surface area contributed by atoms with Gasteiger partial charge < -0.3 is 4.74 Å². The van der Waals surface area contributed by atoms with Crippen molar-refractivity contribution in [2.75, 3.05) is 0 Å². The highest BCUT2D eigenvalue weighted by Crippen LogP contribution is 2.13. The van der Waals surface area contributed by atoms with Crippen molar-refractivity contribution in [3.05, 3.63) is 42.5 Å². The zero-order valence-electron chi connectivity index (χ0n) is 7.62. The van der Waals surface area contributed by atoms with Crippen molar-refractivity contribution < 1.29 is 9.53 Å². The molecule has 1 aromatic rings. The molecule has 0 aliphatic heterocycles. The molecular formula is C11H12O2. The average molecular weight is 176 g/mol. The Morgan fingerprint density at radius 1 is 1.62 bits per heavy atom. The SMILES string of the molecule is C=CCc1cccc(OC(C)=O)c1. The highest BCUT2D eigenvalue weighted by atomic mass is 16.5. The van der Waals surface area contributed by atoms with Crippen molar-refractivity contribution in [3.8, 4) is 5.75 Å². The number of benzene rings is 1. The second-order valence-corrected chi connectivity index (χ2v) is 2.73. The van der Waals surface area contributed by atoms with Crippen LogP contribution in [0.4, 0.5) is 0 Å². The highest BCUT2D eigenvalue weighted by Gasteiger charge is 1.97. The second-order valence-electron chi connectivity index (χ2n) is 2.73. The molecule has 0 amide bonds. The van der Waals surface area contributed by atoms with Crippen LogP contribution < -0.4 is 4.74 Å². The molecule has 0 aliphatic rings. The smallest absolute Gasteiger partial charge is 0.308 e. The molecule has 0 radical (unpaired) electrons. The van der Waals surface area contributed by atoms with Crippen LogP contribution in [0.15, 0.2) is 36.9 Å². The van der Waals surface area contributed by atoms with Gasteiger partial charge in [-0.15, -0.1) is 6.58 Å². The lowest BCUT2D eigenvalue weighted by molar-refractivity contribution is -0.131. The lowest BCUT2D eigenvalue weighted by atomic mass is 10.1. The van der Waals surface area contributed by atoms with Crippen molar-refractivity contribution in [1.82, 2.24) is 0 Å². The van der Waals surface area contributed by atoms with E-state index >= 15 is 0 Å². The van der Waals surface area contributed by atoms with Crippen molar-refractivity contribution in [3.63, 3.8) is 0 Å². The minimum Gasteiger partial charge on any atom is -0.427 e. The van der Waals surface area contributed by atoms with Gasteiger partial charge in [-0.3, -0.25) is 4.79 Å². The van der Waals surface area contributed by atoms with Crippen LogP contribution in [-0.2, 0) is 11.2 Å². The van der Waals surface area contributed by atoms with Gasteiger partial charge in [0.1, 0.15) is 5.75 Å². The van der Waals surface area contributed by atoms with Crippen LogP contribution in [0, 0.1) is 0 Å². The van der Waals surface area contributed by atoms with Gasteiger partial charge in [0.2, 0.25) is 0 Å². The zero-order valence-corrected chi connectivity index (χ0v) is 7.62. The maximum Gasteiger partial charge on any atom is 0.308 e. The summed E-state index contributed by atoms with van der Waals surface area (Å²) < 4.78 is 4.93. The quantitative estimate of drug-likeness (QED) is 0.401. The molecule has 0 N–H and O–H groups in total. The van der Waals surface area contributed by atoms with Crippen LogP contribution in [0.2, 0.25) is 0 Å². The number of carbonyl (C=O) groups excluding carboxylic acids is 1. The van der Waals surface area contributed by atoms with Crippen molar-refractivity contribution >= 4 is 5.97 Å². The van der Waals surface area contributed by atoms with Crippen LogP contribution in [0.25, 0.3) is 0 Å². The Hall–Kier alpha value is -1.57. The Kier molecular flexibility index (Phi) is 3.26. The van der Waals surface area contributed by atoms with Crippen molar-refractivity contribution in [1.29, 1.82) is 0 Å². The fourth-order valence-corrected chi connectivity index (χ4v) is 1.07. The molecule has 0 aliphatic carbocycles. The van der Waals surface area contributed by atoms with E-state index in [1.54, 1.807) is 6.07 Å². The van der Waals surface area contributed by atoms with Crippen LogP contribution in [0.3, 0.4) is 0 Å². The van der Waals surface area contributed by atoms with Gasteiger partial charge in [0.25, 0.3) is 0 Å². The first kappa shape index (κ1) is 9.52. The molecule has 0 aromatic heterocycles. The van der Waals surface area contributed by atoms with E-state index in [1.165, 1.54) is 6.92 Å². The standard InChI is InChI=1S/C11H12O2/c1-3-5-10-6-4-7-11(8-10)13-9(2)12/h3-4,6-8H,1,5H2,2H3. The molecule has 0 saturated carbocycles. The van der Waals surface area contributed by atoms with Gasteiger partial charge >= 0.3 is 5.97 Å².